The molecule has 1 fully saturated rings. The van der Waals surface area contributed by atoms with Crippen LogP contribution >= 0.6 is 22.6 Å². The van der Waals surface area contributed by atoms with Crippen molar-refractivity contribution in [3.8, 4) is 6.07 Å². The summed E-state index contributed by atoms with van der Waals surface area (Å²) in [5.74, 6) is -0.247. The molecule has 2 aromatic heterocycles. The molecular weight excluding hydrogens is 447 g/mol. The number of ether oxygens (including phenoxy) is 1. The highest BCUT2D eigenvalue weighted by Crippen LogP contribution is 2.47. The first-order valence-corrected chi connectivity index (χ1v) is 9.29. The monoisotopic (exact) mass is 466 g/mol. The molecule has 26 heavy (non-hydrogen) atoms. The van der Waals surface area contributed by atoms with Gasteiger partial charge in [-0.2, -0.15) is 10.2 Å². The summed E-state index contributed by atoms with van der Waals surface area (Å²) in [4.78, 5) is 25.6. The van der Waals surface area contributed by atoms with Crippen LogP contribution < -0.4 is 4.90 Å². The van der Waals surface area contributed by atoms with E-state index < -0.39 is 23.0 Å². The van der Waals surface area contributed by atoms with Crippen molar-refractivity contribution in [2.75, 3.05) is 4.90 Å². The summed E-state index contributed by atoms with van der Waals surface area (Å²) in [6.45, 7) is 6.51. The molecule has 2 heterocycles. The maximum absolute atomic E-state index is 12.5. The maximum Gasteiger partial charge on any atom is 0.423 e. The molecule has 0 aliphatic heterocycles. The van der Waals surface area contributed by atoms with Crippen LogP contribution in [0.25, 0.3) is 5.52 Å². The van der Waals surface area contributed by atoms with Crippen molar-refractivity contribution >= 4 is 45.9 Å². The molecule has 0 spiro atoms. The van der Waals surface area contributed by atoms with Gasteiger partial charge in [0.15, 0.2) is 5.82 Å². The number of nitriles is 1. The van der Waals surface area contributed by atoms with Crippen molar-refractivity contribution in [1.82, 2.24) is 9.61 Å². The minimum absolute atomic E-state index is 0.228. The lowest BCUT2D eigenvalue weighted by atomic mass is 10.00. The van der Waals surface area contributed by atoms with Gasteiger partial charge in [-0.25, -0.2) is 9.31 Å². The van der Waals surface area contributed by atoms with Gasteiger partial charge in [0.1, 0.15) is 5.60 Å². The second-order valence-electron chi connectivity index (χ2n) is 7.41. The molecule has 0 radical (unpaired) electrons. The second-order valence-corrected chi connectivity index (χ2v) is 8.49. The SMILES string of the molecule is CC(=O)N(C(=O)OC(C)(C)C)c1nn2cc(C3(C#N)CC3)ccc2c1I. The van der Waals surface area contributed by atoms with Gasteiger partial charge in [0.2, 0.25) is 5.91 Å². The van der Waals surface area contributed by atoms with E-state index in [1.54, 1.807) is 31.5 Å². The van der Waals surface area contributed by atoms with E-state index in [2.05, 4.69) is 33.8 Å². The molecule has 0 atom stereocenters. The quantitative estimate of drug-likeness (QED) is 0.629. The number of nitrogens with zero attached hydrogens (tertiary/aromatic N) is 4. The number of fused-ring (bicyclic) bond motifs is 1. The molecule has 0 aromatic carbocycles. The van der Waals surface area contributed by atoms with Gasteiger partial charge >= 0.3 is 6.09 Å². The van der Waals surface area contributed by atoms with Gasteiger partial charge in [-0.3, -0.25) is 4.79 Å². The lowest BCUT2D eigenvalue weighted by molar-refractivity contribution is -0.116. The number of imide groups is 1. The highest BCUT2D eigenvalue weighted by Gasteiger charge is 2.45. The number of aromatic nitrogens is 2. The van der Waals surface area contributed by atoms with Gasteiger partial charge in [-0.05, 0) is 67.8 Å². The van der Waals surface area contributed by atoms with Crippen molar-refractivity contribution in [3.05, 3.63) is 27.5 Å². The Morgan fingerprint density at radius 1 is 1.38 bits per heavy atom. The molecule has 0 saturated heterocycles. The van der Waals surface area contributed by atoms with E-state index in [9.17, 15) is 14.9 Å². The molecule has 8 heteroatoms. The predicted octanol–water partition coefficient (Wildman–Crippen LogP) is 3.78. The Balaban J connectivity index is 2.05. The predicted molar refractivity (Wildman–Crippen MR) is 104 cm³/mol. The molecule has 1 aliphatic carbocycles. The fraction of sp³-hybridized carbons (Fsp3) is 0.444. The zero-order chi connectivity index (χ0) is 19.3. The maximum atomic E-state index is 12.5. The van der Waals surface area contributed by atoms with Crippen molar-refractivity contribution in [3.63, 3.8) is 0 Å². The molecule has 2 aromatic rings. The van der Waals surface area contributed by atoms with Gasteiger partial charge < -0.3 is 4.74 Å². The van der Waals surface area contributed by atoms with E-state index in [0.29, 0.717) is 3.57 Å². The fourth-order valence-electron chi connectivity index (χ4n) is 2.69. The molecular formula is C18H19IN4O3. The molecule has 136 valence electrons. The molecule has 0 bridgehead atoms. The Morgan fingerprint density at radius 2 is 2.04 bits per heavy atom. The smallest absolute Gasteiger partial charge is 0.423 e. The number of carbonyl (C=O) groups is 2. The molecule has 2 amide bonds. The molecule has 1 saturated carbocycles. The molecule has 3 rings (SSSR count). The minimum atomic E-state index is -0.762. The Labute approximate surface area is 165 Å². The first-order valence-electron chi connectivity index (χ1n) is 8.21. The summed E-state index contributed by atoms with van der Waals surface area (Å²) < 4.78 is 7.62. The zero-order valence-corrected chi connectivity index (χ0v) is 17.2. The Kier molecular flexibility index (Phi) is 4.46. The van der Waals surface area contributed by atoms with E-state index in [0.717, 1.165) is 28.8 Å². The zero-order valence-electron chi connectivity index (χ0n) is 15.0. The first kappa shape index (κ1) is 18.6. The number of halogens is 1. The van der Waals surface area contributed by atoms with Crippen LogP contribution in [0.15, 0.2) is 18.3 Å². The van der Waals surface area contributed by atoms with Crippen molar-refractivity contribution in [2.45, 2.75) is 51.6 Å². The highest BCUT2D eigenvalue weighted by atomic mass is 127. The van der Waals surface area contributed by atoms with Crippen LogP contribution in [0, 0.1) is 14.9 Å². The van der Waals surface area contributed by atoms with Crippen LogP contribution in [0.3, 0.4) is 0 Å². The van der Waals surface area contributed by atoms with E-state index in [-0.39, 0.29) is 5.82 Å². The Hall–Kier alpha value is -2.15. The van der Waals surface area contributed by atoms with Crippen molar-refractivity contribution in [1.29, 1.82) is 5.26 Å². The lowest BCUT2D eigenvalue weighted by Gasteiger charge is -2.24. The summed E-state index contributed by atoms with van der Waals surface area (Å²) in [5.41, 5.74) is 0.489. The van der Waals surface area contributed by atoms with Crippen LogP contribution in [0.1, 0.15) is 46.1 Å². The fourth-order valence-corrected chi connectivity index (χ4v) is 3.47. The number of amides is 2. The van der Waals surface area contributed by atoms with E-state index in [1.807, 2.05) is 12.1 Å². The number of pyridine rings is 1. The minimum Gasteiger partial charge on any atom is -0.443 e. The topological polar surface area (TPSA) is 87.7 Å². The van der Waals surface area contributed by atoms with Crippen molar-refractivity contribution in [2.24, 2.45) is 0 Å². The van der Waals surface area contributed by atoms with Gasteiger partial charge in [0, 0.05) is 13.1 Å². The molecule has 0 N–H and O–H groups in total. The number of carbonyl (C=O) groups excluding carboxylic acids is 2. The highest BCUT2D eigenvalue weighted by molar-refractivity contribution is 14.1. The normalized spacial score (nSPS) is 15.4. The molecule has 0 unspecified atom stereocenters. The summed E-state index contributed by atoms with van der Waals surface area (Å²) in [7, 11) is 0. The van der Waals surface area contributed by atoms with E-state index in [4.69, 9.17) is 4.74 Å². The van der Waals surface area contributed by atoms with Crippen LogP contribution in [0.2, 0.25) is 0 Å². The third kappa shape index (κ3) is 3.28. The van der Waals surface area contributed by atoms with Crippen LogP contribution in [0.5, 0.6) is 0 Å². The lowest BCUT2D eigenvalue weighted by Crippen LogP contribution is -2.40. The molecule has 7 nitrogen and oxygen atoms in total. The third-order valence-corrected chi connectivity index (χ3v) is 5.21. The number of anilines is 1. The summed E-state index contributed by atoms with van der Waals surface area (Å²) in [6, 6.07) is 6.13. The first-order chi connectivity index (χ1) is 12.1. The standard InChI is InChI=1S/C18H19IN4O3/c1-11(24)23(16(25)26-17(2,3)4)15-14(19)13-6-5-12(9-22(13)21-15)18(10-20)7-8-18/h5-6,9H,7-8H2,1-4H3. The number of rotatable bonds is 2. The summed E-state index contributed by atoms with van der Waals surface area (Å²) in [6.07, 6.45) is 2.70. The van der Waals surface area contributed by atoms with Gasteiger partial charge in [0.25, 0.3) is 0 Å². The summed E-state index contributed by atoms with van der Waals surface area (Å²) >= 11 is 2.06. The second kappa shape index (κ2) is 6.23. The number of hydrogen-bond acceptors (Lipinski definition) is 5. The Bertz CT molecular complexity index is 948. The van der Waals surface area contributed by atoms with Crippen LogP contribution in [-0.2, 0) is 14.9 Å². The van der Waals surface area contributed by atoms with Gasteiger partial charge in [0.05, 0.1) is 20.6 Å². The third-order valence-electron chi connectivity index (χ3n) is 4.17. The van der Waals surface area contributed by atoms with Gasteiger partial charge in [-0.15, -0.1) is 5.10 Å². The van der Waals surface area contributed by atoms with Crippen molar-refractivity contribution < 1.29 is 14.3 Å². The average molecular weight is 466 g/mol. The van der Waals surface area contributed by atoms with E-state index >= 15 is 0 Å². The Morgan fingerprint density at radius 3 is 2.54 bits per heavy atom. The summed E-state index contributed by atoms with van der Waals surface area (Å²) in [5, 5.41) is 13.8. The largest absolute Gasteiger partial charge is 0.443 e. The average Bonchev–Trinajstić information content (AvgIpc) is 3.26. The van der Waals surface area contributed by atoms with Crippen LogP contribution in [-0.4, -0.2) is 27.2 Å². The molecule has 1 aliphatic rings. The van der Waals surface area contributed by atoms with Gasteiger partial charge in [-0.1, -0.05) is 6.07 Å². The van der Waals surface area contributed by atoms with Crippen LogP contribution in [0.4, 0.5) is 10.6 Å². The van der Waals surface area contributed by atoms with E-state index in [1.165, 1.54) is 6.92 Å². The number of hydrogen-bond donors (Lipinski definition) is 0.